The molecule has 0 radical (unpaired) electrons. The minimum atomic E-state index is -1.28. The number of amides is 1. The van der Waals surface area contributed by atoms with Crippen molar-refractivity contribution < 1.29 is 13.4 Å². The van der Waals surface area contributed by atoms with E-state index in [2.05, 4.69) is 10.3 Å². The van der Waals surface area contributed by atoms with Crippen LogP contribution in [0.4, 0.5) is 0 Å². The minimum absolute atomic E-state index is 0.0164. The molecular weight excluding hydrogens is 312 g/mol. The van der Waals surface area contributed by atoms with Crippen LogP contribution in [0.1, 0.15) is 29.9 Å². The third-order valence-corrected chi connectivity index (χ3v) is 4.98. The zero-order valence-electron chi connectivity index (χ0n) is 13.3. The van der Waals surface area contributed by atoms with Crippen molar-refractivity contribution in [1.29, 1.82) is 0 Å². The number of carbonyl (C=O) groups is 1. The highest BCUT2D eigenvalue weighted by Crippen LogP contribution is 2.25. The van der Waals surface area contributed by atoms with Gasteiger partial charge in [-0.15, -0.1) is 0 Å². The van der Waals surface area contributed by atoms with E-state index in [-0.39, 0.29) is 17.4 Å². The molecule has 1 unspecified atom stereocenters. The van der Waals surface area contributed by atoms with Gasteiger partial charge in [-0.05, 0) is 38.3 Å². The monoisotopic (exact) mass is 332 g/mol. The highest BCUT2D eigenvalue weighted by atomic mass is 32.2. The first kappa shape index (κ1) is 15.9. The van der Waals surface area contributed by atoms with E-state index < -0.39 is 10.8 Å². The molecule has 122 valence electrons. The summed E-state index contributed by atoms with van der Waals surface area (Å²) < 4.78 is 17.9. The van der Waals surface area contributed by atoms with Crippen LogP contribution in [0.3, 0.4) is 0 Å². The Morgan fingerprint density at radius 3 is 2.78 bits per heavy atom. The number of aryl methyl sites for hydroxylation is 2. The SMILES string of the molecule is Cc1ccccc1-c1nc(CS(=O)CC(=O)NC2CC2)c(C)o1. The molecule has 1 saturated carbocycles. The van der Waals surface area contributed by atoms with Crippen LogP contribution < -0.4 is 5.32 Å². The van der Waals surface area contributed by atoms with Gasteiger partial charge in [-0.3, -0.25) is 9.00 Å². The molecule has 2 aromatic rings. The molecule has 1 amide bonds. The molecule has 1 N–H and O–H groups in total. The Kier molecular flexibility index (Phi) is 4.61. The van der Waals surface area contributed by atoms with Crippen molar-refractivity contribution >= 4 is 16.7 Å². The fourth-order valence-electron chi connectivity index (χ4n) is 2.34. The summed E-state index contributed by atoms with van der Waals surface area (Å²) in [6.07, 6.45) is 2.06. The lowest BCUT2D eigenvalue weighted by Crippen LogP contribution is -2.30. The second-order valence-corrected chi connectivity index (χ2v) is 7.36. The van der Waals surface area contributed by atoms with Gasteiger partial charge in [0.1, 0.15) is 11.5 Å². The number of hydrogen-bond donors (Lipinski definition) is 1. The van der Waals surface area contributed by atoms with E-state index in [1.54, 1.807) is 0 Å². The molecule has 1 aliphatic rings. The molecule has 23 heavy (non-hydrogen) atoms. The number of nitrogens with zero attached hydrogens (tertiary/aromatic N) is 1. The van der Waals surface area contributed by atoms with E-state index in [9.17, 15) is 9.00 Å². The van der Waals surface area contributed by atoms with Gasteiger partial charge in [-0.1, -0.05) is 18.2 Å². The standard InChI is InChI=1S/C17H20N2O3S/c1-11-5-3-4-6-14(11)17-19-15(12(2)22-17)9-23(21)10-16(20)18-13-7-8-13/h3-6,13H,7-10H2,1-2H3,(H,18,20). The average molecular weight is 332 g/mol. The van der Waals surface area contributed by atoms with Crippen LogP contribution in [-0.2, 0) is 21.3 Å². The Balaban J connectivity index is 1.67. The van der Waals surface area contributed by atoms with Crippen LogP contribution in [0.15, 0.2) is 28.7 Å². The van der Waals surface area contributed by atoms with Gasteiger partial charge in [-0.2, -0.15) is 0 Å². The summed E-state index contributed by atoms with van der Waals surface area (Å²) in [4.78, 5) is 16.2. The summed E-state index contributed by atoms with van der Waals surface area (Å²) in [7, 11) is -1.28. The Morgan fingerprint density at radius 2 is 2.09 bits per heavy atom. The van der Waals surface area contributed by atoms with Crippen molar-refractivity contribution in [3.8, 4) is 11.5 Å². The average Bonchev–Trinajstić information content (AvgIpc) is 3.22. The van der Waals surface area contributed by atoms with Gasteiger partial charge in [0.2, 0.25) is 11.8 Å². The van der Waals surface area contributed by atoms with Crippen LogP contribution in [-0.4, -0.2) is 26.9 Å². The van der Waals surface area contributed by atoms with Gasteiger partial charge < -0.3 is 9.73 Å². The predicted octanol–water partition coefficient (Wildman–Crippen LogP) is 2.49. The molecule has 5 nitrogen and oxygen atoms in total. The van der Waals surface area contributed by atoms with Gasteiger partial charge in [0.15, 0.2) is 0 Å². The van der Waals surface area contributed by atoms with Crippen molar-refractivity contribution in [2.24, 2.45) is 0 Å². The molecular formula is C17H20N2O3S. The molecule has 0 bridgehead atoms. The second-order valence-electron chi connectivity index (χ2n) is 5.91. The Morgan fingerprint density at radius 1 is 1.35 bits per heavy atom. The number of hydrogen-bond acceptors (Lipinski definition) is 4. The number of carbonyl (C=O) groups excluding carboxylic acids is 1. The topological polar surface area (TPSA) is 72.2 Å². The molecule has 1 aromatic heterocycles. The first-order valence-corrected chi connectivity index (χ1v) is 9.18. The smallest absolute Gasteiger partial charge is 0.232 e. The lowest BCUT2D eigenvalue weighted by Gasteiger charge is -2.02. The summed E-state index contributed by atoms with van der Waals surface area (Å²) in [6, 6.07) is 8.13. The van der Waals surface area contributed by atoms with E-state index in [1.165, 1.54) is 0 Å². The van der Waals surface area contributed by atoms with E-state index >= 15 is 0 Å². The van der Waals surface area contributed by atoms with Gasteiger partial charge in [-0.25, -0.2) is 4.98 Å². The summed E-state index contributed by atoms with van der Waals surface area (Å²) in [6.45, 7) is 3.81. The molecule has 3 rings (SSSR count). The molecule has 0 spiro atoms. The van der Waals surface area contributed by atoms with E-state index in [0.717, 1.165) is 24.0 Å². The molecule has 1 fully saturated rings. The maximum Gasteiger partial charge on any atom is 0.232 e. The fourth-order valence-corrected chi connectivity index (χ4v) is 3.39. The third-order valence-electron chi connectivity index (χ3n) is 3.80. The van der Waals surface area contributed by atoms with Crippen LogP contribution in [0.2, 0.25) is 0 Å². The quantitative estimate of drug-likeness (QED) is 0.882. The van der Waals surface area contributed by atoms with Crippen molar-refractivity contribution in [3.05, 3.63) is 41.3 Å². The number of oxazole rings is 1. The molecule has 1 atom stereocenters. The molecule has 1 aliphatic carbocycles. The molecule has 0 saturated heterocycles. The fraction of sp³-hybridized carbons (Fsp3) is 0.412. The minimum Gasteiger partial charge on any atom is -0.441 e. The lowest BCUT2D eigenvalue weighted by atomic mass is 10.1. The summed E-state index contributed by atoms with van der Waals surface area (Å²) in [5.74, 6) is 1.29. The number of benzene rings is 1. The zero-order valence-corrected chi connectivity index (χ0v) is 14.1. The Labute approximate surface area is 138 Å². The van der Waals surface area contributed by atoms with Crippen LogP contribution >= 0.6 is 0 Å². The van der Waals surface area contributed by atoms with Gasteiger partial charge in [0.05, 0.1) is 11.4 Å². The first-order valence-electron chi connectivity index (χ1n) is 7.69. The summed E-state index contributed by atoms with van der Waals surface area (Å²) in [5.41, 5.74) is 2.66. The number of rotatable bonds is 6. The lowest BCUT2D eigenvalue weighted by molar-refractivity contribution is -0.118. The molecule has 1 aromatic carbocycles. The van der Waals surface area contributed by atoms with Crippen molar-refractivity contribution in [2.75, 3.05) is 5.75 Å². The van der Waals surface area contributed by atoms with Crippen LogP contribution in [0.5, 0.6) is 0 Å². The van der Waals surface area contributed by atoms with E-state index in [0.29, 0.717) is 23.4 Å². The third kappa shape index (κ3) is 4.07. The number of nitrogens with one attached hydrogen (secondary N) is 1. The summed E-state index contributed by atoms with van der Waals surface area (Å²) >= 11 is 0. The predicted molar refractivity (Wildman–Crippen MR) is 89.3 cm³/mol. The maximum absolute atomic E-state index is 12.2. The van der Waals surface area contributed by atoms with Crippen molar-refractivity contribution in [1.82, 2.24) is 10.3 Å². The van der Waals surface area contributed by atoms with Crippen molar-refractivity contribution in [3.63, 3.8) is 0 Å². The number of aromatic nitrogens is 1. The van der Waals surface area contributed by atoms with Crippen LogP contribution in [0.25, 0.3) is 11.5 Å². The van der Waals surface area contributed by atoms with E-state index in [4.69, 9.17) is 4.42 Å². The molecule has 0 aliphatic heterocycles. The highest BCUT2D eigenvalue weighted by Gasteiger charge is 2.24. The Bertz CT molecular complexity index is 750. The van der Waals surface area contributed by atoms with Gasteiger partial charge >= 0.3 is 0 Å². The Hall–Kier alpha value is -1.95. The highest BCUT2D eigenvalue weighted by molar-refractivity contribution is 7.84. The van der Waals surface area contributed by atoms with Crippen LogP contribution in [0, 0.1) is 13.8 Å². The maximum atomic E-state index is 12.2. The normalized spacial score (nSPS) is 15.4. The first-order chi connectivity index (χ1) is 11.0. The molecule has 6 heteroatoms. The largest absolute Gasteiger partial charge is 0.441 e. The molecule has 1 heterocycles. The van der Waals surface area contributed by atoms with E-state index in [1.807, 2.05) is 38.1 Å². The second kappa shape index (κ2) is 6.66. The summed E-state index contributed by atoms with van der Waals surface area (Å²) in [5, 5.41) is 2.85. The van der Waals surface area contributed by atoms with Crippen molar-refractivity contribution in [2.45, 2.75) is 38.5 Å². The van der Waals surface area contributed by atoms with Gasteiger partial charge in [0, 0.05) is 22.4 Å². The van der Waals surface area contributed by atoms with Gasteiger partial charge in [0.25, 0.3) is 0 Å². The zero-order chi connectivity index (χ0) is 16.4.